The monoisotopic (exact) mass is 682 g/mol. The fourth-order valence-electron chi connectivity index (χ4n) is 5.00. The van der Waals surface area contributed by atoms with Crippen LogP contribution >= 0.6 is 0 Å². The molecular weight excluding hydrogens is 632 g/mol. The molecule has 0 unspecified atom stereocenters. The summed E-state index contributed by atoms with van der Waals surface area (Å²) < 4.78 is 10.8. The first-order chi connectivity index (χ1) is 23.8. The molecule has 268 valence electrons. The maximum absolute atomic E-state index is 13.7. The quantitative estimate of drug-likeness (QED) is 0.0535. The van der Waals surface area contributed by atoms with Crippen LogP contribution in [0.4, 0.5) is 0 Å². The molecular formula is C34H50N8O7. The van der Waals surface area contributed by atoms with Gasteiger partial charge >= 0.3 is 5.97 Å². The van der Waals surface area contributed by atoms with Crippen molar-refractivity contribution in [3.8, 4) is 5.75 Å². The Bertz CT molecular complexity index is 1380. The molecule has 0 fully saturated rings. The number of nitrogens with zero attached hydrogens (tertiary/aromatic N) is 2. The van der Waals surface area contributed by atoms with E-state index in [9.17, 15) is 24.3 Å². The largest absolute Gasteiger partial charge is 0.494 e. The standard InChI is InChI=1S/C34H50N8O7/c1-2-3-4-5-6-7-8-9-15-48-27-12-10-24(11-13-27)31(44)40-28(17-25-19-36-22-38-25)32(45)41-29(18-26-20-37-23-39-26)33(46)42-30(21-43)34(47)49-16-14-35/h10-13,19-20,22-23,28-30,43H,2-9,14-18,21,35H2,1H3,(H,36,38)(H,37,39)(H,40,44)(H,41,45)(H,42,46)/t28-,29-,30-/m0/s1. The number of benzene rings is 1. The summed E-state index contributed by atoms with van der Waals surface area (Å²) in [6.07, 6.45) is 15.5. The van der Waals surface area contributed by atoms with Crippen LogP contribution in [-0.4, -0.2) is 93.2 Å². The number of amides is 3. The van der Waals surface area contributed by atoms with Crippen molar-refractivity contribution in [3.63, 3.8) is 0 Å². The first-order valence-corrected chi connectivity index (χ1v) is 16.9. The van der Waals surface area contributed by atoms with Crippen LogP contribution in [0.2, 0.25) is 0 Å². The number of H-pyrrole nitrogens is 2. The van der Waals surface area contributed by atoms with Gasteiger partial charge in [-0.25, -0.2) is 14.8 Å². The van der Waals surface area contributed by atoms with E-state index in [1.54, 1.807) is 24.3 Å². The number of nitrogens with two attached hydrogens (primary N) is 1. The van der Waals surface area contributed by atoms with Crippen LogP contribution in [0.3, 0.4) is 0 Å². The molecule has 0 bridgehead atoms. The van der Waals surface area contributed by atoms with E-state index in [1.165, 1.54) is 63.6 Å². The zero-order valence-electron chi connectivity index (χ0n) is 28.1. The van der Waals surface area contributed by atoms with Gasteiger partial charge < -0.3 is 46.2 Å². The maximum Gasteiger partial charge on any atom is 0.331 e. The Morgan fingerprint density at radius 2 is 1.33 bits per heavy atom. The first-order valence-electron chi connectivity index (χ1n) is 16.9. The van der Waals surface area contributed by atoms with Crippen molar-refractivity contribution in [1.29, 1.82) is 0 Å². The Labute approximate surface area is 286 Å². The van der Waals surface area contributed by atoms with Gasteiger partial charge in [-0.2, -0.15) is 0 Å². The SMILES string of the molecule is CCCCCCCCCCOc1ccc(C(=O)N[C@@H](Cc2cnc[nH]2)C(=O)N[C@@H](Cc2cnc[nH]2)C(=O)N[C@@H](CO)C(=O)OCCN)cc1. The van der Waals surface area contributed by atoms with Crippen LogP contribution in [0.25, 0.3) is 0 Å². The molecule has 15 nitrogen and oxygen atoms in total. The number of carbonyl (C=O) groups is 4. The summed E-state index contributed by atoms with van der Waals surface area (Å²) in [6.45, 7) is 2.04. The first kappa shape index (κ1) is 38.7. The molecule has 0 aliphatic heterocycles. The van der Waals surface area contributed by atoms with Crippen LogP contribution in [0.1, 0.15) is 80.0 Å². The third kappa shape index (κ3) is 14.1. The third-order valence-corrected chi connectivity index (χ3v) is 7.74. The van der Waals surface area contributed by atoms with Gasteiger partial charge in [0.05, 0.1) is 25.9 Å². The van der Waals surface area contributed by atoms with Gasteiger partial charge in [0.2, 0.25) is 11.8 Å². The predicted molar refractivity (Wildman–Crippen MR) is 181 cm³/mol. The van der Waals surface area contributed by atoms with Gasteiger partial charge in [-0.3, -0.25) is 14.4 Å². The second kappa shape index (κ2) is 22.0. The lowest BCUT2D eigenvalue weighted by Gasteiger charge is -2.24. The lowest BCUT2D eigenvalue weighted by Crippen LogP contribution is -2.57. The van der Waals surface area contributed by atoms with Crippen molar-refractivity contribution < 1.29 is 33.8 Å². The van der Waals surface area contributed by atoms with Gasteiger partial charge in [0.15, 0.2) is 6.04 Å². The van der Waals surface area contributed by atoms with Crippen LogP contribution in [0.15, 0.2) is 49.3 Å². The molecule has 49 heavy (non-hydrogen) atoms. The summed E-state index contributed by atoms with van der Waals surface area (Å²) in [4.78, 5) is 66.4. The number of hydrogen-bond acceptors (Lipinski definition) is 10. The van der Waals surface area contributed by atoms with Gasteiger partial charge in [0, 0.05) is 48.7 Å². The number of ether oxygens (including phenoxy) is 2. The number of aromatic amines is 2. The van der Waals surface area contributed by atoms with Gasteiger partial charge in [0.25, 0.3) is 5.91 Å². The zero-order valence-corrected chi connectivity index (χ0v) is 28.1. The van der Waals surface area contributed by atoms with E-state index in [2.05, 4.69) is 42.8 Å². The summed E-state index contributed by atoms with van der Waals surface area (Å²) in [5.41, 5.74) is 6.78. The van der Waals surface area contributed by atoms with Crippen LogP contribution in [0, 0.1) is 0 Å². The topological polar surface area (TPSA) is 226 Å². The third-order valence-electron chi connectivity index (χ3n) is 7.74. The molecule has 2 heterocycles. The van der Waals surface area contributed by atoms with Gasteiger partial charge in [-0.15, -0.1) is 0 Å². The van der Waals surface area contributed by atoms with E-state index in [1.807, 2.05) is 0 Å². The molecule has 3 amide bonds. The average Bonchev–Trinajstić information content (AvgIpc) is 3.83. The van der Waals surface area contributed by atoms with Crippen molar-refractivity contribution >= 4 is 23.7 Å². The molecule has 0 saturated carbocycles. The highest BCUT2D eigenvalue weighted by Crippen LogP contribution is 2.15. The number of hydrogen-bond donors (Lipinski definition) is 7. The minimum atomic E-state index is -1.38. The van der Waals surface area contributed by atoms with Gasteiger partial charge in [0.1, 0.15) is 24.4 Å². The van der Waals surface area contributed by atoms with Crippen molar-refractivity contribution in [3.05, 3.63) is 66.3 Å². The smallest absolute Gasteiger partial charge is 0.331 e. The molecule has 3 atom stereocenters. The molecule has 15 heteroatoms. The number of aromatic nitrogens is 4. The van der Waals surface area contributed by atoms with Crippen molar-refractivity contribution in [2.75, 3.05) is 26.4 Å². The Balaban J connectivity index is 1.63. The van der Waals surface area contributed by atoms with Gasteiger partial charge in [-0.1, -0.05) is 51.9 Å². The number of aliphatic hydroxyl groups is 1. The summed E-state index contributed by atoms with van der Waals surface area (Å²) in [5, 5.41) is 17.6. The van der Waals surface area contributed by atoms with Gasteiger partial charge in [-0.05, 0) is 30.7 Å². The van der Waals surface area contributed by atoms with Crippen LogP contribution in [0.5, 0.6) is 5.75 Å². The highest BCUT2D eigenvalue weighted by atomic mass is 16.5. The second-order valence-electron chi connectivity index (χ2n) is 11.7. The fourth-order valence-corrected chi connectivity index (χ4v) is 5.00. The summed E-state index contributed by atoms with van der Waals surface area (Å²) >= 11 is 0. The average molecular weight is 683 g/mol. The van der Waals surface area contributed by atoms with E-state index >= 15 is 0 Å². The highest BCUT2D eigenvalue weighted by molar-refractivity contribution is 5.98. The summed E-state index contributed by atoms with van der Waals surface area (Å²) in [7, 11) is 0. The highest BCUT2D eigenvalue weighted by Gasteiger charge is 2.31. The second-order valence-corrected chi connectivity index (χ2v) is 11.7. The molecule has 2 aromatic heterocycles. The summed E-state index contributed by atoms with van der Waals surface area (Å²) in [5.74, 6) is -2.17. The minimum Gasteiger partial charge on any atom is -0.494 e. The predicted octanol–water partition coefficient (Wildman–Crippen LogP) is 1.70. The Hall–Kier alpha value is -4.76. The molecule has 1 aromatic carbocycles. The lowest BCUT2D eigenvalue weighted by atomic mass is 10.1. The zero-order chi connectivity index (χ0) is 35.3. The van der Waals surface area contributed by atoms with Crippen LogP contribution < -0.4 is 26.4 Å². The number of carbonyl (C=O) groups excluding carboxylic acids is 4. The number of aliphatic hydroxyl groups excluding tert-OH is 1. The molecule has 0 saturated heterocycles. The van der Waals surface area contributed by atoms with E-state index in [4.69, 9.17) is 15.2 Å². The molecule has 3 aromatic rings. The number of nitrogens with one attached hydrogen (secondary N) is 5. The number of rotatable bonds is 24. The van der Waals surface area contributed by atoms with E-state index in [-0.39, 0.29) is 26.0 Å². The lowest BCUT2D eigenvalue weighted by molar-refractivity contribution is -0.149. The Morgan fingerprint density at radius 3 is 1.86 bits per heavy atom. The van der Waals surface area contributed by atoms with E-state index < -0.39 is 48.4 Å². The van der Waals surface area contributed by atoms with E-state index in [0.717, 1.165) is 12.8 Å². The Morgan fingerprint density at radius 1 is 0.776 bits per heavy atom. The van der Waals surface area contributed by atoms with Crippen molar-refractivity contribution in [1.82, 2.24) is 35.9 Å². The maximum atomic E-state index is 13.7. The van der Waals surface area contributed by atoms with E-state index in [0.29, 0.717) is 29.3 Å². The molecule has 0 radical (unpaired) electrons. The summed E-state index contributed by atoms with van der Waals surface area (Å²) in [6, 6.07) is 2.95. The molecule has 0 aliphatic rings. The fraction of sp³-hybridized carbons (Fsp3) is 0.529. The Kier molecular flexibility index (Phi) is 17.4. The number of unbranched alkanes of at least 4 members (excludes halogenated alkanes) is 7. The normalized spacial score (nSPS) is 12.8. The minimum absolute atomic E-state index is 0.0291. The number of esters is 1. The number of imidazole rings is 2. The molecule has 8 N–H and O–H groups in total. The van der Waals surface area contributed by atoms with Crippen LogP contribution in [-0.2, 0) is 32.0 Å². The van der Waals surface area contributed by atoms with Crippen molar-refractivity contribution in [2.24, 2.45) is 5.73 Å². The van der Waals surface area contributed by atoms with Crippen molar-refractivity contribution in [2.45, 2.75) is 89.3 Å². The molecule has 0 spiro atoms. The molecule has 3 rings (SSSR count). The molecule has 0 aliphatic carbocycles.